The van der Waals surface area contributed by atoms with Crippen molar-refractivity contribution in [3.8, 4) is 11.8 Å². The van der Waals surface area contributed by atoms with Crippen molar-refractivity contribution in [2.45, 2.75) is 26.5 Å². The van der Waals surface area contributed by atoms with Crippen LogP contribution in [0.25, 0.3) is 6.08 Å². The quantitative estimate of drug-likeness (QED) is 0.558. The van der Waals surface area contributed by atoms with E-state index in [4.69, 9.17) is 27.9 Å². The maximum Gasteiger partial charge on any atom is 0.262 e. The summed E-state index contributed by atoms with van der Waals surface area (Å²) in [5.41, 5.74) is 1.51. The number of carbonyl (C=O) groups is 1. The third kappa shape index (κ3) is 5.52. The average molecular weight is 389 g/mol. The van der Waals surface area contributed by atoms with Crippen LogP contribution in [0.5, 0.6) is 5.75 Å². The van der Waals surface area contributed by atoms with Crippen molar-refractivity contribution in [1.29, 1.82) is 5.26 Å². The van der Waals surface area contributed by atoms with E-state index in [9.17, 15) is 10.1 Å². The van der Waals surface area contributed by atoms with Gasteiger partial charge in [-0.15, -0.1) is 0 Å². The molecule has 4 nitrogen and oxygen atoms in total. The Morgan fingerprint density at radius 3 is 2.38 bits per heavy atom. The summed E-state index contributed by atoms with van der Waals surface area (Å²) in [5, 5.41) is 12.5. The summed E-state index contributed by atoms with van der Waals surface area (Å²) in [7, 11) is 0. The number of carbonyl (C=O) groups excluding carboxylic acids is 1. The van der Waals surface area contributed by atoms with Gasteiger partial charge in [0.1, 0.15) is 18.2 Å². The summed E-state index contributed by atoms with van der Waals surface area (Å²) in [5.74, 6) is -0.0846. The van der Waals surface area contributed by atoms with Crippen molar-refractivity contribution in [1.82, 2.24) is 5.32 Å². The minimum atomic E-state index is -0.445. The van der Waals surface area contributed by atoms with E-state index in [0.717, 1.165) is 5.56 Å². The molecule has 2 aromatic rings. The lowest BCUT2D eigenvalue weighted by atomic mass is 10.1. The molecule has 1 amide bonds. The van der Waals surface area contributed by atoms with Crippen LogP contribution in [0.1, 0.15) is 25.0 Å². The lowest BCUT2D eigenvalue weighted by molar-refractivity contribution is -0.117. The van der Waals surface area contributed by atoms with Gasteiger partial charge >= 0.3 is 0 Å². The molecule has 6 heteroatoms. The second kappa shape index (κ2) is 9.28. The van der Waals surface area contributed by atoms with Crippen LogP contribution in [0.3, 0.4) is 0 Å². The summed E-state index contributed by atoms with van der Waals surface area (Å²) in [6.45, 7) is 3.97. The topological polar surface area (TPSA) is 62.1 Å². The fraction of sp³-hybridized carbons (Fsp3) is 0.200. The monoisotopic (exact) mass is 388 g/mol. The van der Waals surface area contributed by atoms with Gasteiger partial charge < -0.3 is 10.1 Å². The summed E-state index contributed by atoms with van der Waals surface area (Å²) >= 11 is 12.5. The van der Waals surface area contributed by atoms with Crippen LogP contribution in [0.15, 0.2) is 48.0 Å². The molecule has 2 aromatic carbocycles. The maximum atomic E-state index is 12.0. The predicted molar refractivity (Wildman–Crippen MR) is 104 cm³/mol. The lowest BCUT2D eigenvalue weighted by Crippen LogP contribution is -2.30. The van der Waals surface area contributed by atoms with Crippen molar-refractivity contribution < 1.29 is 9.53 Å². The van der Waals surface area contributed by atoms with Crippen LogP contribution in [-0.4, -0.2) is 11.9 Å². The Morgan fingerprint density at radius 1 is 1.23 bits per heavy atom. The largest absolute Gasteiger partial charge is 0.486 e. The van der Waals surface area contributed by atoms with E-state index in [1.807, 2.05) is 50.2 Å². The normalized spacial score (nSPS) is 11.2. The number of halogens is 2. The Hall–Kier alpha value is -2.48. The van der Waals surface area contributed by atoms with Gasteiger partial charge in [0.05, 0.1) is 10.0 Å². The summed E-state index contributed by atoms with van der Waals surface area (Å²) in [6, 6.07) is 14.7. The van der Waals surface area contributed by atoms with Gasteiger partial charge in [0.15, 0.2) is 5.75 Å². The molecule has 0 aromatic heterocycles. The standard InChI is InChI=1S/C20H18Cl2N2O2/c1-13(2)24-20(25)16(11-23)8-15-9-17(21)19(18(22)10-15)26-12-14-6-4-3-5-7-14/h3-10,13H,12H2,1-2H3,(H,24,25)/b16-8-. The third-order valence-corrected chi connectivity index (χ3v) is 3.90. The van der Waals surface area contributed by atoms with E-state index < -0.39 is 5.91 Å². The molecule has 0 saturated carbocycles. The SMILES string of the molecule is CC(C)NC(=O)/C(C#N)=C\c1cc(Cl)c(OCc2ccccc2)c(Cl)c1. The Kier molecular flexibility index (Phi) is 7.08. The van der Waals surface area contributed by atoms with Crippen LogP contribution in [0.2, 0.25) is 10.0 Å². The zero-order valence-electron chi connectivity index (χ0n) is 14.4. The number of rotatable bonds is 6. The van der Waals surface area contributed by atoms with Crippen LogP contribution >= 0.6 is 23.2 Å². The highest BCUT2D eigenvalue weighted by molar-refractivity contribution is 6.37. The number of ether oxygens (including phenoxy) is 1. The van der Waals surface area contributed by atoms with Crippen LogP contribution in [-0.2, 0) is 11.4 Å². The Labute approximate surface area is 163 Å². The minimum Gasteiger partial charge on any atom is -0.486 e. The van der Waals surface area contributed by atoms with Crippen LogP contribution in [0, 0.1) is 11.3 Å². The maximum absolute atomic E-state index is 12.0. The number of hydrogen-bond donors (Lipinski definition) is 1. The summed E-state index contributed by atoms with van der Waals surface area (Å²) in [6.07, 6.45) is 1.44. The fourth-order valence-electron chi connectivity index (χ4n) is 2.19. The molecule has 2 rings (SSSR count). The second-order valence-corrected chi connectivity index (χ2v) is 6.70. The van der Waals surface area contributed by atoms with Crippen molar-refractivity contribution in [2.75, 3.05) is 0 Å². The van der Waals surface area contributed by atoms with E-state index in [2.05, 4.69) is 5.32 Å². The molecule has 1 N–H and O–H groups in total. The molecule has 0 atom stereocenters. The van der Waals surface area contributed by atoms with Crippen LogP contribution in [0.4, 0.5) is 0 Å². The van der Waals surface area contributed by atoms with Crippen molar-refractivity contribution >= 4 is 35.2 Å². The summed E-state index contributed by atoms with van der Waals surface area (Å²) < 4.78 is 5.71. The predicted octanol–water partition coefficient (Wildman–Crippen LogP) is 5.00. The molecule has 0 unspecified atom stereocenters. The van der Waals surface area contributed by atoms with E-state index >= 15 is 0 Å². The second-order valence-electron chi connectivity index (χ2n) is 5.89. The van der Waals surface area contributed by atoms with Gasteiger partial charge in [-0.05, 0) is 43.2 Å². The van der Waals surface area contributed by atoms with E-state index in [1.54, 1.807) is 12.1 Å². The van der Waals surface area contributed by atoms with Crippen LogP contribution < -0.4 is 10.1 Å². The molecule has 0 aliphatic rings. The Balaban J connectivity index is 2.21. The first-order chi connectivity index (χ1) is 12.4. The molecule has 0 radical (unpaired) electrons. The highest BCUT2D eigenvalue weighted by atomic mass is 35.5. The molecule has 0 spiro atoms. The van der Waals surface area contributed by atoms with Crippen molar-refractivity contribution in [3.63, 3.8) is 0 Å². The number of nitrogens with one attached hydrogen (secondary N) is 1. The fourth-order valence-corrected chi connectivity index (χ4v) is 2.80. The zero-order valence-corrected chi connectivity index (χ0v) is 15.9. The Morgan fingerprint density at radius 2 is 1.85 bits per heavy atom. The molecule has 0 bridgehead atoms. The van der Waals surface area contributed by atoms with Gasteiger partial charge in [-0.2, -0.15) is 5.26 Å². The van der Waals surface area contributed by atoms with Gasteiger partial charge in [0, 0.05) is 6.04 Å². The number of nitrogens with zero attached hydrogens (tertiary/aromatic N) is 1. The van der Waals surface area contributed by atoms with E-state index in [-0.39, 0.29) is 11.6 Å². The van der Waals surface area contributed by atoms with Gasteiger partial charge in [-0.1, -0.05) is 53.5 Å². The lowest BCUT2D eigenvalue weighted by Gasteiger charge is -2.11. The number of amides is 1. The Bertz CT molecular complexity index is 833. The number of hydrogen-bond acceptors (Lipinski definition) is 3. The number of nitriles is 1. The first-order valence-corrected chi connectivity index (χ1v) is 8.74. The molecular weight excluding hydrogens is 371 g/mol. The molecule has 26 heavy (non-hydrogen) atoms. The molecular formula is C20H18Cl2N2O2. The highest BCUT2D eigenvalue weighted by Gasteiger charge is 2.13. The molecule has 0 fully saturated rings. The third-order valence-electron chi connectivity index (χ3n) is 3.34. The smallest absolute Gasteiger partial charge is 0.262 e. The first-order valence-electron chi connectivity index (χ1n) is 7.99. The molecule has 0 aliphatic carbocycles. The highest BCUT2D eigenvalue weighted by Crippen LogP contribution is 2.35. The van der Waals surface area contributed by atoms with Gasteiger partial charge in [0.2, 0.25) is 0 Å². The van der Waals surface area contributed by atoms with Crippen molar-refractivity contribution in [3.05, 3.63) is 69.2 Å². The van der Waals surface area contributed by atoms with Crippen molar-refractivity contribution in [2.24, 2.45) is 0 Å². The van der Waals surface area contributed by atoms with E-state index in [0.29, 0.717) is 28.0 Å². The average Bonchev–Trinajstić information content (AvgIpc) is 2.59. The first kappa shape index (κ1) is 19.8. The zero-order chi connectivity index (χ0) is 19.1. The summed E-state index contributed by atoms with van der Waals surface area (Å²) in [4.78, 5) is 12.0. The van der Waals surface area contributed by atoms with E-state index in [1.165, 1.54) is 6.08 Å². The minimum absolute atomic E-state index is 0.0243. The van der Waals surface area contributed by atoms with Gasteiger partial charge in [-0.3, -0.25) is 4.79 Å². The van der Waals surface area contributed by atoms with Gasteiger partial charge in [0.25, 0.3) is 5.91 Å². The molecule has 0 saturated heterocycles. The number of benzene rings is 2. The molecule has 134 valence electrons. The van der Waals surface area contributed by atoms with Gasteiger partial charge in [-0.25, -0.2) is 0 Å². The molecule has 0 heterocycles. The molecule has 0 aliphatic heterocycles.